The fraction of sp³-hybridized carbons (Fsp3) is 0.125. The van der Waals surface area contributed by atoms with Crippen LogP contribution < -0.4 is 0 Å². The predicted molar refractivity (Wildman–Crippen MR) is 75.0 cm³/mol. The normalized spacial score (nSPS) is 12.4. The van der Waals surface area contributed by atoms with Crippen LogP contribution in [0, 0.1) is 0 Å². The predicted octanol–water partition coefficient (Wildman–Crippen LogP) is 5.09. The Bertz CT molecular complexity index is 503. The van der Waals surface area contributed by atoms with Gasteiger partial charge in [-0.3, -0.25) is 0 Å². The Morgan fingerprint density at radius 3 is 2.17 bits per heavy atom. The summed E-state index contributed by atoms with van der Waals surface area (Å²) in [6, 6.07) is 20.0. The molecule has 0 bridgehead atoms. The maximum atomic E-state index is 4.41. The second-order valence-electron chi connectivity index (χ2n) is 4.00. The quantitative estimate of drug-likeness (QED) is 0.510. The third-order valence-corrected chi connectivity index (χ3v) is 2.64. The van der Waals surface area contributed by atoms with Crippen LogP contribution in [-0.4, -0.2) is 0 Å². The van der Waals surface area contributed by atoms with E-state index in [0.717, 1.165) is 17.7 Å². The second-order valence-corrected chi connectivity index (χ2v) is 4.00. The molecule has 2 rings (SSSR count). The standard InChI is InChI=1S/C16H16N2/c1-2-9-16(14-10-5-3-6-11-14)18-17-15-12-7-4-8-13-15/h2-8,10-13,16H,1,9H2. The van der Waals surface area contributed by atoms with Gasteiger partial charge in [0, 0.05) is 0 Å². The van der Waals surface area contributed by atoms with E-state index in [9.17, 15) is 0 Å². The molecule has 0 saturated heterocycles. The molecule has 0 aliphatic carbocycles. The summed E-state index contributed by atoms with van der Waals surface area (Å²) in [5.41, 5.74) is 2.04. The van der Waals surface area contributed by atoms with E-state index in [1.807, 2.05) is 54.6 Å². The minimum Gasteiger partial charge on any atom is -0.180 e. The Labute approximate surface area is 108 Å². The molecule has 0 N–H and O–H groups in total. The Kier molecular flexibility index (Phi) is 4.42. The van der Waals surface area contributed by atoms with Crippen molar-refractivity contribution in [1.82, 2.24) is 0 Å². The van der Waals surface area contributed by atoms with Gasteiger partial charge in [-0.25, -0.2) is 0 Å². The molecule has 0 radical (unpaired) electrons. The molecule has 1 unspecified atom stereocenters. The van der Waals surface area contributed by atoms with Gasteiger partial charge in [0.15, 0.2) is 0 Å². The fourth-order valence-corrected chi connectivity index (χ4v) is 1.71. The van der Waals surface area contributed by atoms with Gasteiger partial charge in [0.2, 0.25) is 0 Å². The van der Waals surface area contributed by atoms with Crippen molar-refractivity contribution in [2.75, 3.05) is 0 Å². The summed E-state index contributed by atoms with van der Waals surface area (Å²) in [5, 5.41) is 8.69. The first-order valence-electron chi connectivity index (χ1n) is 6.02. The third kappa shape index (κ3) is 3.39. The molecule has 0 aliphatic rings. The van der Waals surface area contributed by atoms with Gasteiger partial charge in [0.1, 0.15) is 0 Å². The van der Waals surface area contributed by atoms with E-state index >= 15 is 0 Å². The van der Waals surface area contributed by atoms with Crippen LogP contribution in [0.4, 0.5) is 5.69 Å². The number of nitrogens with zero attached hydrogens (tertiary/aromatic N) is 2. The molecule has 0 aliphatic heterocycles. The molecule has 90 valence electrons. The summed E-state index contributed by atoms with van der Waals surface area (Å²) in [4.78, 5) is 0. The summed E-state index contributed by atoms with van der Waals surface area (Å²) in [6.45, 7) is 3.78. The molecule has 0 saturated carbocycles. The van der Waals surface area contributed by atoms with E-state index in [1.54, 1.807) is 0 Å². The van der Waals surface area contributed by atoms with Gasteiger partial charge in [0.05, 0.1) is 11.7 Å². The minimum absolute atomic E-state index is 0.0453. The van der Waals surface area contributed by atoms with Crippen molar-refractivity contribution in [3.8, 4) is 0 Å². The number of benzene rings is 2. The van der Waals surface area contributed by atoms with Gasteiger partial charge in [0.25, 0.3) is 0 Å². The minimum atomic E-state index is 0.0453. The lowest BCUT2D eigenvalue weighted by molar-refractivity contribution is 0.701. The van der Waals surface area contributed by atoms with Crippen molar-refractivity contribution < 1.29 is 0 Å². The van der Waals surface area contributed by atoms with Gasteiger partial charge in [-0.1, -0.05) is 54.6 Å². The molecule has 0 spiro atoms. The van der Waals surface area contributed by atoms with E-state index < -0.39 is 0 Å². The molecule has 2 heteroatoms. The first-order valence-corrected chi connectivity index (χ1v) is 6.02. The summed E-state index contributed by atoms with van der Waals surface area (Å²) < 4.78 is 0. The Balaban J connectivity index is 2.17. The number of azo groups is 1. The molecule has 1 atom stereocenters. The van der Waals surface area contributed by atoms with Crippen molar-refractivity contribution in [2.45, 2.75) is 12.5 Å². The first kappa shape index (κ1) is 12.2. The maximum absolute atomic E-state index is 4.41. The van der Waals surface area contributed by atoms with Crippen LogP contribution in [0.1, 0.15) is 18.0 Å². The second kappa shape index (κ2) is 6.50. The van der Waals surface area contributed by atoms with Crippen LogP contribution in [0.2, 0.25) is 0 Å². The number of rotatable bonds is 5. The van der Waals surface area contributed by atoms with E-state index in [2.05, 4.69) is 28.9 Å². The SMILES string of the molecule is C=CCC(N=Nc1ccccc1)c1ccccc1. The van der Waals surface area contributed by atoms with Gasteiger partial charge in [-0.15, -0.1) is 6.58 Å². The van der Waals surface area contributed by atoms with Crippen molar-refractivity contribution in [1.29, 1.82) is 0 Å². The molecule has 2 aromatic rings. The van der Waals surface area contributed by atoms with E-state index in [1.165, 1.54) is 0 Å². The molecular formula is C16H16N2. The van der Waals surface area contributed by atoms with Crippen LogP contribution >= 0.6 is 0 Å². The number of hydrogen-bond acceptors (Lipinski definition) is 2. The summed E-state index contributed by atoms with van der Waals surface area (Å²) in [6.07, 6.45) is 2.67. The van der Waals surface area contributed by atoms with Crippen LogP contribution in [0.15, 0.2) is 83.5 Å². The van der Waals surface area contributed by atoms with E-state index in [-0.39, 0.29) is 6.04 Å². The average Bonchev–Trinajstić information content (AvgIpc) is 2.45. The Morgan fingerprint density at radius 2 is 1.56 bits per heavy atom. The monoisotopic (exact) mass is 236 g/mol. The van der Waals surface area contributed by atoms with Crippen molar-refractivity contribution >= 4 is 5.69 Å². The summed E-state index contributed by atoms with van der Waals surface area (Å²) in [7, 11) is 0. The van der Waals surface area contributed by atoms with Crippen LogP contribution in [0.5, 0.6) is 0 Å². The molecule has 0 fully saturated rings. The highest BCUT2D eigenvalue weighted by atomic mass is 15.1. The lowest BCUT2D eigenvalue weighted by Crippen LogP contribution is -1.92. The Morgan fingerprint density at radius 1 is 0.944 bits per heavy atom. The molecule has 18 heavy (non-hydrogen) atoms. The van der Waals surface area contributed by atoms with Gasteiger partial charge < -0.3 is 0 Å². The third-order valence-electron chi connectivity index (χ3n) is 2.64. The van der Waals surface area contributed by atoms with Gasteiger partial charge in [-0.05, 0) is 24.1 Å². The molecule has 2 aromatic carbocycles. The topological polar surface area (TPSA) is 24.7 Å². The first-order chi connectivity index (χ1) is 8.90. The van der Waals surface area contributed by atoms with Gasteiger partial charge in [-0.2, -0.15) is 10.2 Å². The fourth-order valence-electron chi connectivity index (χ4n) is 1.71. The lowest BCUT2D eigenvalue weighted by atomic mass is 10.1. The molecule has 0 aromatic heterocycles. The lowest BCUT2D eigenvalue weighted by Gasteiger charge is -2.08. The molecule has 2 nitrogen and oxygen atoms in total. The van der Waals surface area contributed by atoms with Gasteiger partial charge >= 0.3 is 0 Å². The summed E-state index contributed by atoms with van der Waals surface area (Å²) in [5.74, 6) is 0. The van der Waals surface area contributed by atoms with E-state index in [4.69, 9.17) is 0 Å². The zero-order chi connectivity index (χ0) is 12.6. The summed E-state index contributed by atoms with van der Waals surface area (Å²) >= 11 is 0. The van der Waals surface area contributed by atoms with E-state index in [0.29, 0.717) is 0 Å². The average molecular weight is 236 g/mol. The largest absolute Gasteiger partial charge is 0.180 e. The van der Waals surface area contributed by atoms with Crippen LogP contribution in [-0.2, 0) is 0 Å². The Hall–Kier alpha value is -2.22. The zero-order valence-corrected chi connectivity index (χ0v) is 10.2. The molecule has 0 heterocycles. The van der Waals surface area contributed by atoms with Crippen molar-refractivity contribution in [2.24, 2.45) is 10.2 Å². The highest BCUT2D eigenvalue weighted by Gasteiger charge is 2.07. The van der Waals surface area contributed by atoms with Crippen molar-refractivity contribution in [3.05, 3.63) is 78.9 Å². The van der Waals surface area contributed by atoms with Crippen LogP contribution in [0.25, 0.3) is 0 Å². The maximum Gasteiger partial charge on any atom is 0.0996 e. The molecular weight excluding hydrogens is 220 g/mol. The number of hydrogen-bond donors (Lipinski definition) is 0. The smallest absolute Gasteiger partial charge is 0.0996 e. The van der Waals surface area contributed by atoms with Crippen LogP contribution in [0.3, 0.4) is 0 Å². The van der Waals surface area contributed by atoms with Crippen molar-refractivity contribution in [3.63, 3.8) is 0 Å². The highest BCUT2D eigenvalue weighted by molar-refractivity contribution is 5.34. The highest BCUT2D eigenvalue weighted by Crippen LogP contribution is 2.23. The molecule has 0 amide bonds. The zero-order valence-electron chi connectivity index (χ0n) is 10.2.